The number of ether oxygens (including phenoxy) is 1. The number of benzene rings is 1. The predicted octanol–water partition coefficient (Wildman–Crippen LogP) is 0.389. The van der Waals surface area contributed by atoms with Gasteiger partial charge in [-0.3, -0.25) is 5.43 Å². The molecule has 1 aromatic carbocycles. The van der Waals surface area contributed by atoms with Crippen molar-refractivity contribution in [1.29, 1.82) is 0 Å². The first-order valence-electron chi connectivity index (χ1n) is 5.27. The fourth-order valence-electron chi connectivity index (χ4n) is 1.31. The van der Waals surface area contributed by atoms with E-state index in [1.807, 2.05) is 30.3 Å². The van der Waals surface area contributed by atoms with E-state index >= 15 is 0 Å². The minimum atomic E-state index is -0.448. The molecule has 86 valence electrons. The second-order valence-corrected chi connectivity index (χ2v) is 3.69. The van der Waals surface area contributed by atoms with Crippen molar-refractivity contribution >= 4 is 6.09 Å². The maximum atomic E-state index is 11.2. The maximum Gasteiger partial charge on any atom is 0.421 e. The monoisotopic (exact) mass is 221 g/mol. The Kier molecular flexibility index (Phi) is 3.74. The number of carbonyl (C=O) groups excluding carboxylic acids is 1. The third-order valence-electron chi connectivity index (χ3n) is 2.37. The number of amides is 1. The lowest BCUT2D eigenvalue weighted by Crippen LogP contribution is -2.60. The van der Waals surface area contributed by atoms with Crippen molar-refractivity contribution < 1.29 is 9.53 Å². The Morgan fingerprint density at radius 3 is 2.75 bits per heavy atom. The zero-order valence-corrected chi connectivity index (χ0v) is 8.90. The van der Waals surface area contributed by atoms with Crippen LogP contribution in [0.2, 0.25) is 0 Å². The summed E-state index contributed by atoms with van der Waals surface area (Å²) in [6, 6.07) is 9.88. The molecular formula is C11H15N3O2. The lowest BCUT2D eigenvalue weighted by molar-refractivity contribution is 0.130. The molecule has 0 aromatic heterocycles. The van der Waals surface area contributed by atoms with Crippen molar-refractivity contribution in [2.45, 2.75) is 12.6 Å². The molecule has 16 heavy (non-hydrogen) atoms. The number of hydrogen-bond donors (Lipinski definition) is 3. The fraction of sp³-hybridized carbons (Fsp3) is 0.364. The molecule has 1 amide bonds. The van der Waals surface area contributed by atoms with Gasteiger partial charge in [0.2, 0.25) is 0 Å². The van der Waals surface area contributed by atoms with E-state index in [-0.39, 0.29) is 6.61 Å². The van der Waals surface area contributed by atoms with Crippen molar-refractivity contribution in [2.24, 2.45) is 0 Å². The van der Waals surface area contributed by atoms with Crippen LogP contribution < -0.4 is 16.2 Å². The molecular weight excluding hydrogens is 206 g/mol. The van der Waals surface area contributed by atoms with Gasteiger partial charge in [0.15, 0.2) is 0 Å². The van der Waals surface area contributed by atoms with Gasteiger partial charge in [0.1, 0.15) is 6.61 Å². The zero-order chi connectivity index (χ0) is 11.2. The molecule has 0 bridgehead atoms. The van der Waals surface area contributed by atoms with Crippen molar-refractivity contribution in [2.75, 3.05) is 13.1 Å². The minimum absolute atomic E-state index is 0.289. The number of rotatable bonds is 4. The van der Waals surface area contributed by atoms with Gasteiger partial charge in [-0.2, -0.15) is 0 Å². The van der Waals surface area contributed by atoms with Crippen LogP contribution in [0.15, 0.2) is 30.3 Å². The van der Waals surface area contributed by atoms with Gasteiger partial charge in [0.05, 0.1) is 6.04 Å². The second-order valence-electron chi connectivity index (χ2n) is 3.69. The van der Waals surface area contributed by atoms with E-state index in [9.17, 15) is 4.79 Å². The molecule has 1 heterocycles. The highest BCUT2D eigenvalue weighted by Crippen LogP contribution is 2.00. The van der Waals surface area contributed by atoms with Crippen LogP contribution in [0.3, 0.4) is 0 Å². The first-order valence-corrected chi connectivity index (χ1v) is 5.27. The maximum absolute atomic E-state index is 11.2. The Bertz CT molecular complexity index is 338. The van der Waals surface area contributed by atoms with Gasteiger partial charge < -0.3 is 10.1 Å². The smallest absolute Gasteiger partial charge is 0.421 e. The Hall–Kier alpha value is -1.59. The summed E-state index contributed by atoms with van der Waals surface area (Å²) in [6.45, 7) is 2.04. The Morgan fingerprint density at radius 2 is 2.12 bits per heavy atom. The molecule has 2 rings (SSSR count). The molecule has 0 unspecified atom stereocenters. The van der Waals surface area contributed by atoms with E-state index in [1.54, 1.807) is 0 Å². The molecule has 0 atom stereocenters. The summed E-state index contributed by atoms with van der Waals surface area (Å²) < 4.78 is 5.01. The highest BCUT2D eigenvalue weighted by molar-refractivity contribution is 5.66. The van der Waals surface area contributed by atoms with E-state index < -0.39 is 6.09 Å². The van der Waals surface area contributed by atoms with Gasteiger partial charge in [-0.05, 0) is 5.56 Å². The van der Waals surface area contributed by atoms with E-state index in [0.29, 0.717) is 6.04 Å². The SMILES string of the molecule is O=C(NNC1CNC1)OCc1ccccc1. The van der Waals surface area contributed by atoms with Crippen molar-refractivity contribution in [1.82, 2.24) is 16.2 Å². The number of hydrogen-bond acceptors (Lipinski definition) is 4. The highest BCUT2D eigenvalue weighted by Gasteiger charge is 2.16. The molecule has 1 aliphatic rings. The normalized spacial score (nSPS) is 15.2. The van der Waals surface area contributed by atoms with E-state index in [4.69, 9.17) is 4.74 Å². The average Bonchev–Trinajstić information content (AvgIpc) is 2.26. The third-order valence-corrected chi connectivity index (χ3v) is 2.37. The van der Waals surface area contributed by atoms with Crippen LogP contribution >= 0.6 is 0 Å². The lowest BCUT2D eigenvalue weighted by Gasteiger charge is -2.27. The van der Waals surface area contributed by atoms with Gasteiger partial charge >= 0.3 is 6.09 Å². The summed E-state index contributed by atoms with van der Waals surface area (Å²) in [7, 11) is 0. The molecule has 5 heteroatoms. The second kappa shape index (κ2) is 5.48. The largest absolute Gasteiger partial charge is 0.444 e. The zero-order valence-electron chi connectivity index (χ0n) is 8.90. The molecule has 1 aliphatic heterocycles. The number of carbonyl (C=O) groups is 1. The van der Waals surface area contributed by atoms with Crippen LogP contribution in [-0.2, 0) is 11.3 Å². The minimum Gasteiger partial charge on any atom is -0.444 e. The van der Waals surface area contributed by atoms with Crippen molar-refractivity contribution in [3.05, 3.63) is 35.9 Å². The van der Waals surface area contributed by atoms with E-state index in [1.165, 1.54) is 0 Å². The molecule has 1 fully saturated rings. The van der Waals surface area contributed by atoms with Crippen LogP contribution in [-0.4, -0.2) is 25.2 Å². The molecule has 3 N–H and O–H groups in total. The van der Waals surface area contributed by atoms with Gasteiger partial charge in [0, 0.05) is 13.1 Å². The highest BCUT2D eigenvalue weighted by atomic mass is 16.6. The fourth-order valence-corrected chi connectivity index (χ4v) is 1.31. The van der Waals surface area contributed by atoms with Crippen LogP contribution in [0.25, 0.3) is 0 Å². The van der Waals surface area contributed by atoms with Gasteiger partial charge in [-0.1, -0.05) is 30.3 Å². The average molecular weight is 221 g/mol. The molecule has 1 aromatic rings. The Labute approximate surface area is 94.1 Å². The third kappa shape index (κ3) is 3.22. The van der Waals surface area contributed by atoms with Crippen LogP contribution in [0.1, 0.15) is 5.56 Å². The summed E-state index contributed by atoms with van der Waals surface area (Å²) in [5.74, 6) is 0. The lowest BCUT2D eigenvalue weighted by atomic mass is 10.2. The summed E-state index contributed by atoms with van der Waals surface area (Å²) in [6.07, 6.45) is -0.448. The van der Waals surface area contributed by atoms with Crippen molar-refractivity contribution in [3.63, 3.8) is 0 Å². The van der Waals surface area contributed by atoms with Crippen molar-refractivity contribution in [3.8, 4) is 0 Å². The summed E-state index contributed by atoms with van der Waals surface area (Å²) in [4.78, 5) is 11.2. The molecule has 0 aliphatic carbocycles. The number of hydrazine groups is 1. The van der Waals surface area contributed by atoms with Gasteiger partial charge in [-0.15, -0.1) is 0 Å². The van der Waals surface area contributed by atoms with E-state index in [2.05, 4.69) is 16.2 Å². The topological polar surface area (TPSA) is 62.4 Å². The summed E-state index contributed by atoms with van der Waals surface area (Å²) in [5.41, 5.74) is 6.35. The van der Waals surface area contributed by atoms with Crippen LogP contribution in [0.4, 0.5) is 4.79 Å². The molecule has 5 nitrogen and oxygen atoms in total. The molecule has 0 saturated carbocycles. The molecule has 1 saturated heterocycles. The first-order chi connectivity index (χ1) is 7.84. The Morgan fingerprint density at radius 1 is 1.38 bits per heavy atom. The predicted molar refractivity (Wildman–Crippen MR) is 59.6 cm³/mol. The standard InChI is InChI=1S/C11H15N3O2/c15-11(14-13-10-6-12-7-10)16-8-9-4-2-1-3-5-9/h1-5,10,12-13H,6-8H2,(H,14,15). The van der Waals surface area contributed by atoms with Gasteiger partial charge in [0.25, 0.3) is 0 Å². The van der Waals surface area contributed by atoms with Crippen LogP contribution in [0.5, 0.6) is 0 Å². The molecule has 0 radical (unpaired) electrons. The van der Waals surface area contributed by atoms with Crippen LogP contribution in [0, 0.1) is 0 Å². The quantitative estimate of drug-likeness (QED) is 0.644. The van der Waals surface area contributed by atoms with E-state index in [0.717, 1.165) is 18.7 Å². The summed E-state index contributed by atoms with van der Waals surface area (Å²) in [5, 5.41) is 3.09. The summed E-state index contributed by atoms with van der Waals surface area (Å²) >= 11 is 0. The molecule has 0 spiro atoms. The number of nitrogens with one attached hydrogen (secondary N) is 3. The first kappa shape index (κ1) is 10.9. The Balaban J connectivity index is 1.63. The van der Waals surface area contributed by atoms with Gasteiger partial charge in [-0.25, -0.2) is 10.2 Å².